The van der Waals surface area contributed by atoms with Crippen molar-refractivity contribution in [3.05, 3.63) is 0 Å². The lowest BCUT2D eigenvalue weighted by Gasteiger charge is -2.31. The maximum Gasteiger partial charge on any atom is 0.111 e. The molecule has 0 amide bonds. The fourth-order valence-electron chi connectivity index (χ4n) is 1.23. The Morgan fingerprint density at radius 3 is 1.35 bits per heavy atom. The van der Waals surface area contributed by atoms with Gasteiger partial charge < -0.3 is 40.9 Å². The first-order valence-electron chi connectivity index (χ1n) is 5.11. The number of hydrogen-bond donors (Lipinski definition) is 8. The van der Waals surface area contributed by atoms with Crippen molar-refractivity contribution in [2.24, 2.45) is 0 Å². The van der Waals surface area contributed by atoms with Crippen molar-refractivity contribution in [2.45, 2.75) is 49.7 Å². The van der Waals surface area contributed by atoms with Crippen LogP contribution in [-0.2, 0) is 0 Å². The van der Waals surface area contributed by atoms with Crippen LogP contribution in [0.4, 0.5) is 0 Å². The summed E-state index contributed by atoms with van der Waals surface area (Å²) in [7, 11) is 0. The fraction of sp³-hybridized carbons (Fsp3) is 1.00. The van der Waals surface area contributed by atoms with Gasteiger partial charge in [-0.15, -0.1) is 0 Å². The summed E-state index contributed by atoms with van der Waals surface area (Å²) in [5, 5.41) is 73.1. The van der Waals surface area contributed by atoms with Crippen molar-refractivity contribution < 1.29 is 40.9 Å². The summed E-state index contributed by atoms with van der Waals surface area (Å²) in [4.78, 5) is 0. The molecule has 0 rings (SSSR count). The smallest absolute Gasteiger partial charge is 0.111 e. The SMILES string of the molecule is CC(O)C(O)C(O)C(O)C(O)C(O)C(O)CO. The molecule has 0 aromatic heterocycles. The molecule has 8 N–H and O–H groups in total. The van der Waals surface area contributed by atoms with E-state index in [1.54, 1.807) is 0 Å². The molecule has 0 fully saturated rings. The molecule has 0 spiro atoms. The zero-order valence-corrected chi connectivity index (χ0v) is 9.33. The van der Waals surface area contributed by atoms with Gasteiger partial charge in [0.1, 0.15) is 36.6 Å². The molecule has 104 valence electrons. The summed E-state index contributed by atoms with van der Waals surface area (Å²) in [5.41, 5.74) is 0. The van der Waals surface area contributed by atoms with E-state index in [4.69, 9.17) is 15.3 Å². The minimum absolute atomic E-state index is 0.847. The summed E-state index contributed by atoms with van der Waals surface area (Å²) in [6.07, 6.45) is -12.6. The predicted octanol–water partition coefficient (Wildman–Crippen LogP) is -4.48. The molecule has 0 aliphatic heterocycles. The van der Waals surface area contributed by atoms with E-state index < -0.39 is 49.3 Å². The number of hydrogen-bond acceptors (Lipinski definition) is 8. The van der Waals surface area contributed by atoms with E-state index in [1.165, 1.54) is 0 Å². The molecule has 0 heterocycles. The third-order valence-corrected chi connectivity index (χ3v) is 2.48. The lowest BCUT2D eigenvalue weighted by molar-refractivity contribution is -0.168. The van der Waals surface area contributed by atoms with Crippen LogP contribution in [0.25, 0.3) is 0 Å². The Balaban J connectivity index is 4.53. The van der Waals surface area contributed by atoms with E-state index in [-0.39, 0.29) is 0 Å². The average Bonchev–Trinajstić information content (AvgIpc) is 2.32. The Kier molecular flexibility index (Phi) is 7.05. The van der Waals surface area contributed by atoms with Gasteiger partial charge in [-0.25, -0.2) is 0 Å². The minimum atomic E-state index is -1.99. The first-order chi connectivity index (χ1) is 7.73. The van der Waals surface area contributed by atoms with Crippen LogP contribution in [0.15, 0.2) is 0 Å². The Bertz CT molecular complexity index is 211. The molecule has 0 radical (unpaired) electrons. The highest BCUT2D eigenvalue weighted by Crippen LogP contribution is 2.12. The van der Waals surface area contributed by atoms with E-state index >= 15 is 0 Å². The Morgan fingerprint density at radius 2 is 1.00 bits per heavy atom. The number of rotatable bonds is 7. The van der Waals surface area contributed by atoms with Gasteiger partial charge in [0, 0.05) is 0 Å². The molecule has 0 aromatic rings. The molecule has 0 saturated heterocycles. The second-order valence-corrected chi connectivity index (χ2v) is 3.94. The standard InChI is InChI=1S/C9H20O8/c1-3(11)5(13)7(15)9(17)8(16)6(14)4(12)2-10/h3-17H,2H2,1H3. The predicted molar refractivity (Wildman–Crippen MR) is 54.8 cm³/mol. The summed E-state index contributed by atoms with van der Waals surface area (Å²) < 4.78 is 0. The molecule has 7 atom stereocenters. The summed E-state index contributed by atoms with van der Waals surface area (Å²) in [6.45, 7) is 0.311. The zero-order valence-electron chi connectivity index (χ0n) is 9.33. The fourth-order valence-corrected chi connectivity index (χ4v) is 1.23. The highest BCUT2D eigenvalue weighted by Gasteiger charge is 2.38. The van der Waals surface area contributed by atoms with Gasteiger partial charge in [0.2, 0.25) is 0 Å². The summed E-state index contributed by atoms with van der Waals surface area (Å²) in [6, 6.07) is 0. The van der Waals surface area contributed by atoms with Gasteiger partial charge in [-0.3, -0.25) is 0 Å². The summed E-state index contributed by atoms with van der Waals surface area (Å²) in [5.74, 6) is 0. The molecule has 17 heavy (non-hydrogen) atoms. The van der Waals surface area contributed by atoms with Gasteiger partial charge >= 0.3 is 0 Å². The summed E-state index contributed by atoms with van der Waals surface area (Å²) >= 11 is 0. The molecular formula is C9H20O8. The van der Waals surface area contributed by atoms with Crippen LogP contribution in [0, 0.1) is 0 Å². The molecular weight excluding hydrogens is 236 g/mol. The Morgan fingerprint density at radius 1 is 0.647 bits per heavy atom. The topological polar surface area (TPSA) is 162 Å². The number of aliphatic hydroxyl groups is 8. The Labute approximate surface area is 98.0 Å². The van der Waals surface area contributed by atoms with Crippen LogP contribution in [0.5, 0.6) is 0 Å². The van der Waals surface area contributed by atoms with Gasteiger partial charge in [-0.2, -0.15) is 0 Å². The normalized spacial score (nSPS) is 24.5. The first kappa shape index (κ1) is 16.7. The van der Waals surface area contributed by atoms with E-state index in [0.717, 1.165) is 6.92 Å². The molecule has 8 heteroatoms. The largest absolute Gasteiger partial charge is 0.394 e. The maximum atomic E-state index is 9.40. The van der Waals surface area contributed by atoms with E-state index in [1.807, 2.05) is 0 Å². The van der Waals surface area contributed by atoms with Crippen molar-refractivity contribution in [1.82, 2.24) is 0 Å². The molecule has 8 nitrogen and oxygen atoms in total. The zero-order chi connectivity index (χ0) is 13.7. The van der Waals surface area contributed by atoms with Crippen LogP contribution in [0.2, 0.25) is 0 Å². The highest BCUT2D eigenvalue weighted by molar-refractivity contribution is 4.88. The second-order valence-electron chi connectivity index (χ2n) is 3.94. The van der Waals surface area contributed by atoms with Gasteiger partial charge in [0.15, 0.2) is 0 Å². The molecule has 0 aliphatic rings. The van der Waals surface area contributed by atoms with Crippen LogP contribution >= 0.6 is 0 Å². The van der Waals surface area contributed by atoms with Gasteiger partial charge in [0.25, 0.3) is 0 Å². The lowest BCUT2D eigenvalue weighted by atomic mass is 9.95. The van der Waals surface area contributed by atoms with Crippen LogP contribution in [0.1, 0.15) is 6.92 Å². The lowest BCUT2D eigenvalue weighted by Crippen LogP contribution is -2.54. The second kappa shape index (κ2) is 7.19. The van der Waals surface area contributed by atoms with Crippen LogP contribution in [-0.4, -0.2) is 90.2 Å². The molecule has 0 aliphatic carbocycles. The highest BCUT2D eigenvalue weighted by atomic mass is 16.4. The van der Waals surface area contributed by atoms with Gasteiger partial charge in [-0.1, -0.05) is 0 Å². The maximum absolute atomic E-state index is 9.40. The van der Waals surface area contributed by atoms with E-state index in [2.05, 4.69) is 0 Å². The molecule has 0 bridgehead atoms. The van der Waals surface area contributed by atoms with Crippen molar-refractivity contribution >= 4 is 0 Å². The third-order valence-electron chi connectivity index (χ3n) is 2.48. The molecule has 0 aromatic carbocycles. The Hall–Kier alpha value is -0.320. The first-order valence-corrected chi connectivity index (χ1v) is 5.11. The van der Waals surface area contributed by atoms with Crippen molar-refractivity contribution in [3.8, 4) is 0 Å². The number of aliphatic hydroxyl groups excluding tert-OH is 8. The molecule has 0 saturated carbocycles. The van der Waals surface area contributed by atoms with Crippen LogP contribution < -0.4 is 0 Å². The quantitative estimate of drug-likeness (QED) is 0.226. The van der Waals surface area contributed by atoms with E-state index in [9.17, 15) is 25.5 Å². The van der Waals surface area contributed by atoms with Crippen LogP contribution in [0.3, 0.4) is 0 Å². The third kappa shape index (κ3) is 4.45. The average molecular weight is 256 g/mol. The van der Waals surface area contributed by atoms with Crippen molar-refractivity contribution in [3.63, 3.8) is 0 Å². The van der Waals surface area contributed by atoms with Crippen molar-refractivity contribution in [2.75, 3.05) is 6.61 Å². The van der Waals surface area contributed by atoms with Crippen molar-refractivity contribution in [1.29, 1.82) is 0 Å². The van der Waals surface area contributed by atoms with Gasteiger partial charge in [-0.05, 0) is 6.92 Å². The monoisotopic (exact) mass is 256 g/mol. The molecule has 7 unspecified atom stereocenters. The van der Waals surface area contributed by atoms with E-state index in [0.29, 0.717) is 0 Å². The van der Waals surface area contributed by atoms with Gasteiger partial charge in [0.05, 0.1) is 12.7 Å². The minimum Gasteiger partial charge on any atom is -0.394 e.